The number of hydrogen-bond donors (Lipinski definition) is 1. The molecule has 5 heteroatoms. The lowest BCUT2D eigenvalue weighted by Crippen LogP contribution is -2.12. The zero-order chi connectivity index (χ0) is 13.1. The van der Waals surface area contributed by atoms with E-state index in [1.54, 1.807) is 36.4 Å². The van der Waals surface area contributed by atoms with E-state index in [1.165, 1.54) is 0 Å². The Bertz CT molecular complexity index is 584. The van der Waals surface area contributed by atoms with Crippen LogP contribution in [0.2, 0.25) is 10.0 Å². The number of nitrogens with one attached hydrogen (secondary N) is 1. The average molecular weight is 392 g/mol. The number of benzene rings is 2. The van der Waals surface area contributed by atoms with E-state index in [2.05, 4.69) is 27.9 Å². The zero-order valence-corrected chi connectivity index (χ0v) is 12.8. The quantitative estimate of drug-likeness (QED) is 0.728. The van der Waals surface area contributed by atoms with Gasteiger partial charge in [0, 0.05) is 14.2 Å². The van der Waals surface area contributed by atoms with Gasteiger partial charge in [-0.2, -0.15) is 0 Å². The van der Waals surface area contributed by atoms with Gasteiger partial charge in [0.1, 0.15) is 0 Å². The maximum absolute atomic E-state index is 11.9. The summed E-state index contributed by atoms with van der Waals surface area (Å²) in [5, 5.41) is 3.87. The van der Waals surface area contributed by atoms with Crippen LogP contribution in [0.15, 0.2) is 42.5 Å². The van der Waals surface area contributed by atoms with Gasteiger partial charge in [-0.3, -0.25) is 4.79 Å². The molecule has 1 N–H and O–H groups in total. The second-order valence-corrected chi connectivity index (χ2v) is 5.67. The molecule has 1 amide bonds. The van der Waals surface area contributed by atoms with Gasteiger partial charge in [0.25, 0.3) is 5.91 Å². The molecule has 0 heterocycles. The Kier molecular flexibility index (Phi) is 4.48. The summed E-state index contributed by atoms with van der Waals surface area (Å²) in [7, 11) is 0. The first-order valence-electron chi connectivity index (χ1n) is 5.08. The van der Waals surface area contributed by atoms with Crippen LogP contribution in [0.1, 0.15) is 10.4 Å². The van der Waals surface area contributed by atoms with Crippen molar-refractivity contribution in [3.05, 3.63) is 61.6 Å². The van der Waals surface area contributed by atoms with Gasteiger partial charge in [-0.25, -0.2) is 0 Å². The van der Waals surface area contributed by atoms with Crippen LogP contribution in [-0.2, 0) is 0 Å². The van der Waals surface area contributed by atoms with E-state index < -0.39 is 0 Å². The minimum atomic E-state index is -0.213. The van der Waals surface area contributed by atoms with E-state index in [4.69, 9.17) is 23.2 Å². The molecule has 0 spiro atoms. The summed E-state index contributed by atoms with van der Waals surface area (Å²) in [6, 6.07) is 12.1. The standard InChI is InChI=1S/C13H8Cl2INO/c14-9-3-1-8(2-4-9)13(18)17-12-6-5-10(16)7-11(12)15/h1-7H,(H,17,18). The molecular weight excluding hydrogens is 384 g/mol. The topological polar surface area (TPSA) is 29.1 Å². The highest BCUT2D eigenvalue weighted by atomic mass is 127. The van der Waals surface area contributed by atoms with Crippen molar-refractivity contribution >= 4 is 57.4 Å². The molecule has 92 valence electrons. The van der Waals surface area contributed by atoms with Gasteiger partial charge in [-0.15, -0.1) is 0 Å². The molecule has 0 saturated carbocycles. The minimum absolute atomic E-state index is 0.213. The first-order valence-corrected chi connectivity index (χ1v) is 6.92. The van der Waals surface area contributed by atoms with E-state index in [0.717, 1.165) is 3.57 Å². The van der Waals surface area contributed by atoms with Gasteiger partial charge >= 0.3 is 0 Å². The Morgan fingerprint density at radius 2 is 1.72 bits per heavy atom. The van der Waals surface area contributed by atoms with E-state index >= 15 is 0 Å². The number of rotatable bonds is 2. The highest BCUT2D eigenvalue weighted by molar-refractivity contribution is 14.1. The molecule has 0 bridgehead atoms. The van der Waals surface area contributed by atoms with E-state index in [9.17, 15) is 4.79 Å². The monoisotopic (exact) mass is 391 g/mol. The predicted octanol–water partition coefficient (Wildman–Crippen LogP) is 4.85. The summed E-state index contributed by atoms with van der Waals surface area (Å²) in [6.07, 6.45) is 0. The second kappa shape index (κ2) is 5.91. The Morgan fingerprint density at radius 3 is 2.33 bits per heavy atom. The molecule has 0 aliphatic heterocycles. The molecule has 0 aromatic heterocycles. The average Bonchev–Trinajstić information content (AvgIpc) is 2.33. The summed E-state index contributed by atoms with van der Waals surface area (Å²) in [5.74, 6) is -0.213. The Labute approximate surface area is 128 Å². The van der Waals surface area contributed by atoms with Crippen LogP contribution < -0.4 is 5.32 Å². The Balaban J connectivity index is 2.18. The third-order valence-corrected chi connectivity index (χ3v) is 3.52. The van der Waals surface area contributed by atoms with Gasteiger partial charge in [-0.05, 0) is 65.1 Å². The van der Waals surface area contributed by atoms with Gasteiger partial charge < -0.3 is 5.32 Å². The highest BCUT2D eigenvalue weighted by Crippen LogP contribution is 2.24. The van der Waals surface area contributed by atoms with Crippen molar-refractivity contribution in [2.45, 2.75) is 0 Å². The highest BCUT2D eigenvalue weighted by Gasteiger charge is 2.08. The lowest BCUT2D eigenvalue weighted by molar-refractivity contribution is 0.102. The van der Waals surface area contributed by atoms with Crippen LogP contribution in [0.3, 0.4) is 0 Å². The molecule has 2 rings (SSSR count). The van der Waals surface area contributed by atoms with Crippen LogP contribution in [0.25, 0.3) is 0 Å². The zero-order valence-electron chi connectivity index (χ0n) is 9.08. The third kappa shape index (κ3) is 3.37. The van der Waals surface area contributed by atoms with Crippen molar-refractivity contribution in [2.75, 3.05) is 5.32 Å². The van der Waals surface area contributed by atoms with Gasteiger partial charge in [0.05, 0.1) is 10.7 Å². The van der Waals surface area contributed by atoms with Crippen LogP contribution in [-0.4, -0.2) is 5.91 Å². The molecule has 0 atom stereocenters. The normalized spacial score (nSPS) is 10.2. The maximum atomic E-state index is 11.9. The summed E-state index contributed by atoms with van der Waals surface area (Å²) in [4.78, 5) is 11.9. The number of hydrogen-bond acceptors (Lipinski definition) is 1. The summed E-state index contributed by atoms with van der Waals surface area (Å²) in [5.41, 5.74) is 1.13. The summed E-state index contributed by atoms with van der Waals surface area (Å²) >= 11 is 14.0. The molecule has 0 unspecified atom stereocenters. The van der Waals surface area contributed by atoms with Gasteiger partial charge in [0.2, 0.25) is 0 Å². The number of carbonyl (C=O) groups excluding carboxylic acids is 1. The molecule has 0 aliphatic carbocycles. The van der Waals surface area contributed by atoms with E-state index in [0.29, 0.717) is 21.3 Å². The maximum Gasteiger partial charge on any atom is 0.255 e. The molecular formula is C13H8Cl2INO. The number of amides is 1. The van der Waals surface area contributed by atoms with E-state index in [1.807, 2.05) is 6.07 Å². The molecule has 0 saturated heterocycles. The molecule has 0 radical (unpaired) electrons. The molecule has 2 aromatic carbocycles. The van der Waals surface area contributed by atoms with Crippen molar-refractivity contribution in [3.63, 3.8) is 0 Å². The molecule has 2 nitrogen and oxygen atoms in total. The van der Waals surface area contributed by atoms with Crippen LogP contribution in [0.4, 0.5) is 5.69 Å². The second-order valence-electron chi connectivity index (χ2n) is 3.59. The van der Waals surface area contributed by atoms with Gasteiger partial charge in [-0.1, -0.05) is 23.2 Å². The lowest BCUT2D eigenvalue weighted by atomic mass is 10.2. The minimum Gasteiger partial charge on any atom is -0.321 e. The fourth-order valence-corrected chi connectivity index (χ4v) is 2.42. The van der Waals surface area contributed by atoms with Crippen molar-refractivity contribution in [2.24, 2.45) is 0 Å². The van der Waals surface area contributed by atoms with Crippen molar-refractivity contribution in [1.82, 2.24) is 0 Å². The summed E-state index contributed by atoms with van der Waals surface area (Å²) < 4.78 is 1.02. The smallest absolute Gasteiger partial charge is 0.255 e. The molecule has 0 aliphatic rings. The predicted molar refractivity (Wildman–Crippen MR) is 83.6 cm³/mol. The number of anilines is 1. The fourth-order valence-electron chi connectivity index (χ4n) is 1.39. The largest absolute Gasteiger partial charge is 0.321 e. The Morgan fingerprint density at radius 1 is 1.06 bits per heavy atom. The molecule has 2 aromatic rings. The van der Waals surface area contributed by atoms with Crippen molar-refractivity contribution in [3.8, 4) is 0 Å². The molecule has 0 fully saturated rings. The van der Waals surface area contributed by atoms with E-state index in [-0.39, 0.29) is 5.91 Å². The number of halogens is 3. The van der Waals surface area contributed by atoms with Crippen LogP contribution in [0.5, 0.6) is 0 Å². The first kappa shape index (κ1) is 13.6. The summed E-state index contributed by atoms with van der Waals surface area (Å²) in [6.45, 7) is 0. The SMILES string of the molecule is O=C(Nc1ccc(I)cc1Cl)c1ccc(Cl)cc1. The number of carbonyl (C=O) groups is 1. The third-order valence-electron chi connectivity index (χ3n) is 2.29. The van der Waals surface area contributed by atoms with Crippen LogP contribution in [0, 0.1) is 3.57 Å². The van der Waals surface area contributed by atoms with Crippen molar-refractivity contribution < 1.29 is 4.79 Å². The fraction of sp³-hybridized carbons (Fsp3) is 0. The molecule has 18 heavy (non-hydrogen) atoms. The van der Waals surface area contributed by atoms with Crippen LogP contribution >= 0.6 is 45.8 Å². The lowest BCUT2D eigenvalue weighted by Gasteiger charge is -2.07. The Hall–Kier alpha value is -0.780. The van der Waals surface area contributed by atoms with Crippen molar-refractivity contribution in [1.29, 1.82) is 0 Å². The van der Waals surface area contributed by atoms with Gasteiger partial charge in [0.15, 0.2) is 0 Å². The first-order chi connectivity index (χ1) is 8.56.